The van der Waals surface area contributed by atoms with E-state index in [2.05, 4.69) is 19.2 Å². The first-order chi connectivity index (χ1) is 8.15. The molecule has 4 nitrogen and oxygen atoms in total. The molecule has 1 N–H and O–H groups in total. The number of carbonyl (C=O) groups excluding carboxylic acids is 1. The van der Waals surface area contributed by atoms with Crippen LogP contribution in [0.25, 0.3) is 0 Å². The molecule has 0 aromatic rings. The van der Waals surface area contributed by atoms with E-state index in [1.54, 1.807) is 0 Å². The third-order valence-corrected chi connectivity index (χ3v) is 4.13. The van der Waals surface area contributed by atoms with Gasteiger partial charge in [-0.1, -0.05) is 6.92 Å². The number of nitrogens with one attached hydrogen (secondary N) is 1. The number of amides is 1. The normalized spacial score (nSPS) is 30.3. The van der Waals surface area contributed by atoms with Crippen molar-refractivity contribution in [2.45, 2.75) is 38.8 Å². The summed E-state index contributed by atoms with van der Waals surface area (Å²) < 4.78 is 5.44. The first-order valence-electron chi connectivity index (χ1n) is 6.73. The monoisotopic (exact) mass is 240 g/mol. The molecule has 1 heterocycles. The van der Waals surface area contributed by atoms with Crippen molar-refractivity contribution in [1.82, 2.24) is 10.2 Å². The first-order valence-corrected chi connectivity index (χ1v) is 6.73. The summed E-state index contributed by atoms with van der Waals surface area (Å²) in [5.74, 6) is 0.970. The molecule has 3 atom stereocenters. The average Bonchev–Trinajstić information content (AvgIpc) is 3.08. The second-order valence-corrected chi connectivity index (χ2v) is 5.34. The van der Waals surface area contributed by atoms with Gasteiger partial charge in [-0.2, -0.15) is 0 Å². The van der Waals surface area contributed by atoms with Gasteiger partial charge in [0.2, 0.25) is 5.91 Å². The van der Waals surface area contributed by atoms with Gasteiger partial charge in [-0.05, 0) is 32.2 Å². The van der Waals surface area contributed by atoms with E-state index in [0.717, 1.165) is 12.5 Å². The van der Waals surface area contributed by atoms with Crippen LogP contribution in [0.4, 0.5) is 0 Å². The Hall–Kier alpha value is -0.610. The van der Waals surface area contributed by atoms with Gasteiger partial charge in [0.25, 0.3) is 0 Å². The van der Waals surface area contributed by atoms with Crippen LogP contribution in [0.15, 0.2) is 0 Å². The molecule has 0 aromatic carbocycles. The quantitative estimate of drug-likeness (QED) is 0.775. The maximum atomic E-state index is 12.4. The van der Waals surface area contributed by atoms with Crippen LogP contribution in [0.1, 0.15) is 26.7 Å². The highest BCUT2D eigenvalue weighted by Gasteiger charge is 2.39. The standard InChI is InChI=1S/C13H24N2O2/c1-4-14-12-8-17-7-11(12)13(16)15(3)9(2)10-5-6-10/h9-12,14H,4-8H2,1-3H3. The molecule has 1 amide bonds. The van der Waals surface area contributed by atoms with E-state index in [4.69, 9.17) is 4.74 Å². The number of likely N-dealkylation sites (N-methyl/N-ethyl adjacent to an activating group) is 1. The topological polar surface area (TPSA) is 41.6 Å². The predicted octanol–water partition coefficient (Wildman–Crippen LogP) is 0.868. The van der Waals surface area contributed by atoms with Gasteiger partial charge in [0.1, 0.15) is 0 Å². The van der Waals surface area contributed by atoms with Crippen molar-refractivity contribution in [3.8, 4) is 0 Å². The minimum atomic E-state index is 0.00106. The Morgan fingerprint density at radius 2 is 2.18 bits per heavy atom. The molecule has 3 unspecified atom stereocenters. The predicted molar refractivity (Wildman–Crippen MR) is 66.7 cm³/mol. The number of ether oxygens (including phenoxy) is 1. The fraction of sp³-hybridized carbons (Fsp3) is 0.923. The fourth-order valence-corrected chi connectivity index (χ4v) is 2.62. The second-order valence-electron chi connectivity index (χ2n) is 5.34. The van der Waals surface area contributed by atoms with Crippen LogP contribution >= 0.6 is 0 Å². The molecule has 1 saturated carbocycles. The van der Waals surface area contributed by atoms with Gasteiger partial charge in [0.05, 0.1) is 19.1 Å². The maximum absolute atomic E-state index is 12.4. The summed E-state index contributed by atoms with van der Waals surface area (Å²) in [6, 6.07) is 0.576. The summed E-state index contributed by atoms with van der Waals surface area (Å²) in [6.07, 6.45) is 2.55. The maximum Gasteiger partial charge on any atom is 0.229 e. The van der Waals surface area contributed by atoms with E-state index >= 15 is 0 Å². The van der Waals surface area contributed by atoms with Crippen LogP contribution in [-0.2, 0) is 9.53 Å². The van der Waals surface area contributed by atoms with E-state index in [-0.39, 0.29) is 17.9 Å². The summed E-state index contributed by atoms with van der Waals surface area (Å²) >= 11 is 0. The van der Waals surface area contributed by atoms with Gasteiger partial charge in [-0.3, -0.25) is 4.79 Å². The highest BCUT2D eigenvalue weighted by Crippen LogP contribution is 2.35. The van der Waals surface area contributed by atoms with Gasteiger partial charge in [-0.15, -0.1) is 0 Å². The van der Waals surface area contributed by atoms with Gasteiger partial charge < -0.3 is 15.0 Å². The summed E-state index contributed by atoms with van der Waals surface area (Å²) in [4.78, 5) is 14.3. The first kappa shape index (κ1) is 12.8. The number of hydrogen-bond acceptors (Lipinski definition) is 3. The lowest BCUT2D eigenvalue weighted by Crippen LogP contribution is -2.47. The number of rotatable bonds is 5. The van der Waals surface area contributed by atoms with Gasteiger partial charge in [0.15, 0.2) is 0 Å². The molecule has 1 saturated heterocycles. The molecular formula is C13H24N2O2. The Balaban J connectivity index is 1.93. The Morgan fingerprint density at radius 1 is 1.47 bits per heavy atom. The summed E-state index contributed by atoms with van der Waals surface area (Å²) in [6.45, 7) is 6.35. The molecule has 0 spiro atoms. The zero-order valence-electron chi connectivity index (χ0n) is 11.1. The zero-order chi connectivity index (χ0) is 12.4. The van der Waals surface area contributed by atoms with Crippen LogP contribution in [0.5, 0.6) is 0 Å². The molecule has 1 aliphatic carbocycles. The third-order valence-electron chi connectivity index (χ3n) is 4.13. The number of nitrogens with zero attached hydrogens (tertiary/aromatic N) is 1. The Kier molecular flexibility index (Phi) is 4.05. The number of carbonyl (C=O) groups is 1. The largest absolute Gasteiger partial charge is 0.379 e. The van der Waals surface area contributed by atoms with Crippen LogP contribution < -0.4 is 5.32 Å². The minimum absolute atomic E-state index is 0.00106. The van der Waals surface area contributed by atoms with Crippen molar-refractivity contribution in [3.63, 3.8) is 0 Å². The average molecular weight is 240 g/mol. The van der Waals surface area contributed by atoms with Crippen molar-refractivity contribution < 1.29 is 9.53 Å². The molecule has 4 heteroatoms. The van der Waals surface area contributed by atoms with Gasteiger partial charge in [0, 0.05) is 19.1 Å². The van der Waals surface area contributed by atoms with E-state index in [0.29, 0.717) is 19.3 Å². The fourth-order valence-electron chi connectivity index (χ4n) is 2.62. The van der Waals surface area contributed by atoms with Crippen LogP contribution in [-0.4, -0.2) is 49.7 Å². The van der Waals surface area contributed by atoms with E-state index in [1.165, 1.54) is 12.8 Å². The SMILES string of the molecule is CCNC1COCC1C(=O)N(C)C(C)C1CC1. The molecule has 0 aromatic heterocycles. The molecular weight excluding hydrogens is 216 g/mol. The van der Waals surface area contributed by atoms with Crippen molar-refractivity contribution in [1.29, 1.82) is 0 Å². The molecule has 2 aliphatic rings. The van der Waals surface area contributed by atoms with Crippen molar-refractivity contribution >= 4 is 5.91 Å². The summed E-state index contributed by atoms with van der Waals surface area (Å²) in [5, 5.41) is 3.34. The summed E-state index contributed by atoms with van der Waals surface area (Å²) in [5.41, 5.74) is 0. The number of hydrogen-bond donors (Lipinski definition) is 1. The third kappa shape index (κ3) is 2.80. The molecule has 0 radical (unpaired) electrons. The molecule has 17 heavy (non-hydrogen) atoms. The van der Waals surface area contributed by atoms with Gasteiger partial charge >= 0.3 is 0 Å². The lowest BCUT2D eigenvalue weighted by molar-refractivity contribution is -0.136. The Labute approximate surface area is 104 Å². The van der Waals surface area contributed by atoms with E-state index in [1.807, 2.05) is 11.9 Å². The van der Waals surface area contributed by atoms with Crippen molar-refractivity contribution in [2.75, 3.05) is 26.8 Å². The smallest absolute Gasteiger partial charge is 0.229 e. The lowest BCUT2D eigenvalue weighted by atomic mass is 10.0. The molecule has 0 bridgehead atoms. The van der Waals surface area contributed by atoms with Crippen LogP contribution in [0.2, 0.25) is 0 Å². The Bertz CT molecular complexity index is 279. The summed E-state index contributed by atoms with van der Waals surface area (Å²) in [7, 11) is 1.94. The highest BCUT2D eigenvalue weighted by molar-refractivity contribution is 5.80. The highest BCUT2D eigenvalue weighted by atomic mass is 16.5. The van der Waals surface area contributed by atoms with E-state index < -0.39 is 0 Å². The molecule has 98 valence electrons. The molecule has 1 aliphatic heterocycles. The van der Waals surface area contributed by atoms with Gasteiger partial charge in [-0.25, -0.2) is 0 Å². The molecule has 2 fully saturated rings. The Morgan fingerprint density at radius 3 is 2.76 bits per heavy atom. The second kappa shape index (κ2) is 5.36. The molecule has 2 rings (SSSR count). The zero-order valence-corrected chi connectivity index (χ0v) is 11.1. The van der Waals surface area contributed by atoms with Crippen LogP contribution in [0.3, 0.4) is 0 Å². The van der Waals surface area contributed by atoms with Crippen molar-refractivity contribution in [2.24, 2.45) is 11.8 Å². The minimum Gasteiger partial charge on any atom is -0.379 e. The van der Waals surface area contributed by atoms with Crippen molar-refractivity contribution in [3.05, 3.63) is 0 Å². The van der Waals surface area contributed by atoms with Crippen LogP contribution in [0, 0.1) is 11.8 Å². The van der Waals surface area contributed by atoms with E-state index in [9.17, 15) is 4.79 Å². The lowest BCUT2D eigenvalue weighted by Gasteiger charge is -2.29.